The average molecular weight is 457 g/mol. The van der Waals surface area contributed by atoms with Gasteiger partial charge in [-0.2, -0.15) is 0 Å². The molecule has 0 aliphatic heterocycles. The van der Waals surface area contributed by atoms with Crippen molar-refractivity contribution in [2.45, 2.75) is 20.8 Å². The van der Waals surface area contributed by atoms with E-state index in [4.69, 9.17) is 25.0 Å². The van der Waals surface area contributed by atoms with Crippen molar-refractivity contribution in [2.24, 2.45) is 10.1 Å². The van der Waals surface area contributed by atoms with Crippen LogP contribution in [-0.2, 0) is 13.1 Å². The number of aromatic nitrogens is 1. The number of aryl methyl sites for hydroxylation is 3. The number of nitrogens with zero attached hydrogens (tertiary/aromatic N) is 3. The van der Waals surface area contributed by atoms with Crippen LogP contribution in [0.2, 0.25) is 0 Å². The number of oxime groups is 1. The Kier molecular flexibility index (Phi) is 9.32. The second-order valence-corrected chi connectivity index (χ2v) is 7.81. The third-order valence-corrected chi connectivity index (χ3v) is 3.73. The molecule has 2 aromatic carbocycles. The van der Waals surface area contributed by atoms with Gasteiger partial charge in [-0.15, -0.1) is 11.4 Å². The topological polar surface area (TPSA) is 48.1 Å². The summed E-state index contributed by atoms with van der Waals surface area (Å²) in [5, 5.41) is 3.95. The third-order valence-electron chi connectivity index (χ3n) is 3.73. The van der Waals surface area contributed by atoms with E-state index in [2.05, 4.69) is 48.0 Å². The standard InChI is InChI=1S/C21H20N3O.2ClH.Fe/c1-15-11-16(2)21(17(3)12-15)22-13-18-9-10-19(24-18)14-23-25-20-7-5-4-6-8-20;;;/h4-14H,1-3H3;2*1H;/q-1;;;+3/p-2/b22-13?,23-14+;;;. The summed E-state index contributed by atoms with van der Waals surface area (Å²) < 4.78 is 0. The van der Waals surface area contributed by atoms with Crippen LogP contribution < -0.4 is 9.82 Å². The van der Waals surface area contributed by atoms with Gasteiger partial charge in [-0.25, -0.2) is 0 Å². The van der Waals surface area contributed by atoms with E-state index < -0.39 is 0 Å². The number of rotatable bonds is 5. The Labute approximate surface area is 180 Å². The van der Waals surface area contributed by atoms with Gasteiger partial charge in [-0.3, -0.25) is 4.99 Å². The molecule has 28 heavy (non-hydrogen) atoms. The maximum absolute atomic E-state index is 5.29. The van der Waals surface area contributed by atoms with Crippen LogP contribution in [0.15, 0.2) is 64.7 Å². The van der Waals surface area contributed by atoms with Gasteiger partial charge in [0.15, 0.2) is 5.75 Å². The molecule has 0 saturated carbocycles. The number of hydrogen-bond acceptors (Lipinski definition) is 3. The summed E-state index contributed by atoms with van der Waals surface area (Å²) in [6.07, 6.45) is 3.37. The van der Waals surface area contributed by atoms with Crippen molar-refractivity contribution in [3.63, 3.8) is 0 Å². The summed E-state index contributed by atoms with van der Waals surface area (Å²) in [7, 11) is 9.53. The van der Waals surface area contributed by atoms with Crippen LogP contribution in [0.5, 0.6) is 5.75 Å². The van der Waals surface area contributed by atoms with Crippen LogP contribution in [-0.4, -0.2) is 12.4 Å². The van der Waals surface area contributed by atoms with Crippen molar-refractivity contribution < 1.29 is 18.0 Å². The Bertz CT molecular complexity index is 917. The first-order valence-corrected chi connectivity index (χ1v) is 11.4. The normalized spacial score (nSPS) is 10.9. The Morgan fingerprint density at radius 3 is 2.07 bits per heavy atom. The zero-order valence-electron chi connectivity index (χ0n) is 15.7. The van der Waals surface area contributed by atoms with Crippen LogP contribution in [0, 0.1) is 20.8 Å². The first kappa shape index (κ1) is 22.3. The molecule has 147 valence electrons. The molecule has 3 rings (SSSR count). The molecule has 1 heterocycles. The van der Waals surface area contributed by atoms with Gasteiger partial charge in [0.25, 0.3) is 0 Å². The molecule has 3 aromatic rings. The number of halogens is 2. The zero-order valence-corrected chi connectivity index (χ0v) is 18.3. The van der Waals surface area contributed by atoms with Crippen molar-refractivity contribution >= 4 is 38.3 Å². The first-order valence-electron chi connectivity index (χ1n) is 8.39. The molecule has 0 radical (unpaired) electrons. The molecule has 0 atom stereocenters. The summed E-state index contributed by atoms with van der Waals surface area (Å²) in [5.74, 6) is 0.692. The van der Waals surface area contributed by atoms with Gasteiger partial charge in [0.1, 0.15) is 0 Å². The predicted molar refractivity (Wildman–Crippen MR) is 114 cm³/mol. The second-order valence-electron chi connectivity index (χ2n) is 5.99. The monoisotopic (exact) mass is 456 g/mol. The molecular weight excluding hydrogens is 437 g/mol. The quantitative estimate of drug-likeness (QED) is 0.264. The van der Waals surface area contributed by atoms with Crippen LogP contribution in [0.4, 0.5) is 5.69 Å². The van der Waals surface area contributed by atoms with Crippen LogP contribution in [0.1, 0.15) is 28.1 Å². The molecule has 0 N–H and O–H groups in total. The molecule has 0 fully saturated rings. The fraction of sp³-hybridized carbons (Fsp3) is 0.143. The molecule has 1 aromatic heterocycles. The van der Waals surface area contributed by atoms with E-state index in [1.807, 2.05) is 42.5 Å². The van der Waals surface area contributed by atoms with Gasteiger partial charge in [0.2, 0.25) is 0 Å². The minimum atomic E-state index is 0.194. The Balaban J connectivity index is 0.000000878. The van der Waals surface area contributed by atoms with E-state index in [-0.39, 0.29) is 13.1 Å². The van der Waals surface area contributed by atoms with Gasteiger partial charge < -0.3 is 9.82 Å². The molecule has 0 aliphatic carbocycles. The van der Waals surface area contributed by atoms with E-state index >= 15 is 0 Å². The molecule has 0 amide bonds. The molecule has 0 bridgehead atoms. The van der Waals surface area contributed by atoms with E-state index in [0.29, 0.717) is 5.75 Å². The molecule has 7 heteroatoms. The van der Waals surface area contributed by atoms with Crippen molar-refractivity contribution in [2.75, 3.05) is 0 Å². The number of aliphatic imine (C=N–C) groups is 1. The maximum atomic E-state index is 5.29. The van der Waals surface area contributed by atoms with Crippen molar-refractivity contribution in [1.82, 2.24) is 4.98 Å². The fourth-order valence-electron chi connectivity index (χ4n) is 2.67. The van der Waals surface area contributed by atoms with Crippen molar-refractivity contribution in [3.8, 4) is 5.75 Å². The third kappa shape index (κ3) is 7.17. The minimum absolute atomic E-state index is 0.194. The summed E-state index contributed by atoms with van der Waals surface area (Å²) in [6.45, 7) is 6.24. The summed E-state index contributed by atoms with van der Waals surface area (Å²) in [5.41, 5.74) is 6.10. The molecule has 0 saturated heterocycles. The predicted octanol–water partition coefficient (Wildman–Crippen LogP) is 6.11. The first-order chi connectivity index (χ1) is 13.5. The van der Waals surface area contributed by atoms with Crippen LogP contribution in [0.3, 0.4) is 0 Å². The fourth-order valence-corrected chi connectivity index (χ4v) is 2.67. The SMILES string of the molecule is Cc1cc(C)c(N=Cc2ccc(/C=N/Oc3ccccc3)[n-]2)c(C)c1.[Cl][Fe+][Cl]. The van der Waals surface area contributed by atoms with Crippen molar-refractivity contribution in [1.29, 1.82) is 0 Å². The average Bonchev–Trinajstić information content (AvgIpc) is 3.10. The van der Waals surface area contributed by atoms with E-state index in [1.165, 1.54) is 16.7 Å². The van der Waals surface area contributed by atoms with Crippen LogP contribution >= 0.6 is 20.2 Å². The Hall–Kier alpha value is -2.04. The van der Waals surface area contributed by atoms with E-state index in [9.17, 15) is 0 Å². The molecule has 0 unspecified atom stereocenters. The Morgan fingerprint density at radius 2 is 1.46 bits per heavy atom. The summed E-state index contributed by atoms with van der Waals surface area (Å²) in [4.78, 5) is 14.3. The van der Waals surface area contributed by atoms with E-state index in [1.54, 1.807) is 12.4 Å². The van der Waals surface area contributed by atoms with Gasteiger partial charge in [-0.05, 0) is 44.0 Å². The number of hydrogen-bond donors (Lipinski definition) is 0. The van der Waals surface area contributed by atoms with E-state index in [0.717, 1.165) is 17.1 Å². The van der Waals surface area contributed by atoms with Crippen molar-refractivity contribution in [3.05, 3.63) is 82.7 Å². The van der Waals surface area contributed by atoms with Gasteiger partial charge >= 0.3 is 33.3 Å². The second kappa shape index (κ2) is 11.7. The van der Waals surface area contributed by atoms with Gasteiger partial charge in [0, 0.05) is 6.21 Å². The zero-order chi connectivity index (χ0) is 20.4. The Morgan fingerprint density at radius 1 is 0.893 bits per heavy atom. The number of para-hydroxylation sites is 1. The van der Waals surface area contributed by atoms with Gasteiger partial charge in [0.05, 0.1) is 11.9 Å². The molecule has 4 nitrogen and oxygen atoms in total. The summed E-state index contributed by atoms with van der Waals surface area (Å²) in [6, 6.07) is 17.5. The van der Waals surface area contributed by atoms with Gasteiger partial charge in [-0.1, -0.05) is 53.2 Å². The molecular formula is C21H20Cl2FeN3O. The number of benzene rings is 2. The molecule has 0 aliphatic rings. The van der Waals surface area contributed by atoms with Crippen LogP contribution in [0.25, 0.3) is 0 Å². The summed E-state index contributed by atoms with van der Waals surface area (Å²) >= 11 is 0.194. The molecule has 0 spiro atoms.